The largest absolute Gasteiger partial charge is 0.486 e. The van der Waals surface area contributed by atoms with Gasteiger partial charge in [0.15, 0.2) is 0 Å². The molecule has 0 N–H and O–H groups in total. The summed E-state index contributed by atoms with van der Waals surface area (Å²) < 4.78 is 14.4. The summed E-state index contributed by atoms with van der Waals surface area (Å²) in [5.74, 6) is 0.873. The van der Waals surface area contributed by atoms with E-state index < -0.39 is 8.07 Å². The normalized spacial score (nSPS) is 11.6. The summed E-state index contributed by atoms with van der Waals surface area (Å²) in [6.45, 7) is 11.0. The predicted molar refractivity (Wildman–Crippen MR) is 219 cm³/mol. The van der Waals surface area contributed by atoms with E-state index in [1.54, 1.807) is 0 Å². The molecule has 0 amide bonds. The second-order valence-corrected chi connectivity index (χ2v) is 19.6. The Bertz CT molecular complexity index is 2960. The number of pyridine rings is 2. The van der Waals surface area contributed by atoms with Crippen molar-refractivity contribution in [3.8, 4) is 28.3 Å². The van der Waals surface area contributed by atoms with Gasteiger partial charge in [0.25, 0.3) is 0 Å². The minimum atomic E-state index is -1.35. The average molecular weight is 897 g/mol. The van der Waals surface area contributed by atoms with Gasteiger partial charge in [0, 0.05) is 59.9 Å². The number of hydrogen-bond acceptors (Lipinski definition) is 5. The van der Waals surface area contributed by atoms with Crippen molar-refractivity contribution >= 4 is 68.3 Å². The third-order valence-corrected chi connectivity index (χ3v) is 11.7. The van der Waals surface area contributed by atoms with Crippen LogP contribution in [-0.4, -0.2) is 27.6 Å². The third-order valence-electron chi connectivity index (χ3n) is 9.70. The molecular weight excluding hydrogens is 861 g/mol. The number of hydrogen-bond donors (Lipinski definition) is 0. The van der Waals surface area contributed by atoms with Gasteiger partial charge in [0.1, 0.15) is 11.2 Å². The maximum absolute atomic E-state index is 6.19. The molecule has 5 heterocycles. The molecule has 10 rings (SSSR count). The topological polar surface area (TPSA) is 69.9 Å². The Morgan fingerprint density at radius 1 is 0.667 bits per heavy atom. The summed E-state index contributed by atoms with van der Waals surface area (Å²) in [4.78, 5) is 14.1. The number of para-hydroxylation sites is 2. The second-order valence-electron chi connectivity index (χ2n) is 14.5. The minimum absolute atomic E-state index is 0. The summed E-state index contributed by atoms with van der Waals surface area (Å²) in [5, 5.41) is 5.71. The zero-order valence-corrected chi connectivity index (χ0v) is 34.0. The van der Waals surface area contributed by atoms with Gasteiger partial charge in [-0.05, 0) is 72.8 Å². The molecule has 1 radical (unpaired) electrons. The average Bonchev–Trinajstić information content (AvgIpc) is 3.85. The van der Waals surface area contributed by atoms with Crippen molar-refractivity contribution in [2.45, 2.75) is 33.5 Å². The molecular formula is C46H36IrN4O2Si-2. The first-order valence-corrected chi connectivity index (χ1v) is 21.3. The van der Waals surface area contributed by atoms with E-state index >= 15 is 0 Å². The van der Waals surface area contributed by atoms with E-state index in [0.29, 0.717) is 5.71 Å². The van der Waals surface area contributed by atoms with Gasteiger partial charge in [-0.15, -0.1) is 54.1 Å². The maximum Gasteiger partial charge on any atom is 0.216 e. The molecule has 54 heavy (non-hydrogen) atoms. The molecule has 0 saturated carbocycles. The van der Waals surface area contributed by atoms with Crippen LogP contribution in [-0.2, 0) is 20.1 Å². The molecule has 0 aliphatic carbocycles. The minimum Gasteiger partial charge on any atom is -0.486 e. The number of furan rings is 2. The number of rotatable bonds is 4. The number of aryl methyl sites for hydroxylation is 2. The Hall–Kier alpha value is -5.66. The number of nitrogens with zero attached hydrogens (tertiary/aromatic N) is 4. The van der Waals surface area contributed by atoms with E-state index in [1.807, 2.05) is 73.8 Å². The van der Waals surface area contributed by atoms with Crippen molar-refractivity contribution in [2.24, 2.45) is 0 Å². The summed E-state index contributed by atoms with van der Waals surface area (Å²) in [5.41, 5.74) is 11.2. The molecule has 8 heteroatoms. The third kappa shape index (κ3) is 6.36. The van der Waals surface area contributed by atoms with Crippen LogP contribution in [0, 0.1) is 26.0 Å². The quantitative estimate of drug-likeness (QED) is 0.130. The van der Waals surface area contributed by atoms with Gasteiger partial charge in [-0.3, -0.25) is 4.98 Å². The van der Waals surface area contributed by atoms with Gasteiger partial charge in [-0.25, -0.2) is 4.98 Å². The number of aromatic nitrogens is 4. The van der Waals surface area contributed by atoms with Crippen LogP contribution < -0.4 is 5.19 Å². The molecule has 0 unspecified atom stereocenters. The molecule has 0 saturated heterocycles. The maximum atomic E-state index is 6.19. The van der Waals surface area contributed by atoms with Gasteiger partial charge in [-0.1, -0.05) is 67.0 Å². The Morgan fingerprint density at radius 3 is 2.22 bits per heavy atom. The van der Waals surface area contributed by atoms with E-state index in [4.69, 9.17) is 13.8 Å². The molecule has 0 spiro atoms. The molecule has 5 aromatic heterocycles. The van der Waals surface area contributed by atoms with Gasteiger partial charge in [-0.2, -0.15) is 0 Å². The van der Waals surface area contributed by atoms with Crippen LogP contribution in [0.15, 0.2) is 136 Å². The van der Waals surface area contributed by atoms with E-state index in [1.165, 1.54) is 10.8 Å². The molecule has 10 aromatic rings. The van der Waals surface area contributed by atoms with Crippen LogP contribution in [0.3, 0.4) is 0 Å². The summed E-state index contributed by atoms with van der Waals surface area (Å²) in [6, 6.07) is 47.8. The van der Waals surface area contributed by atoms with Crippen molar-refractivity contribution in [3.63, 3.8) is 0 Å². The van der Waals surface area contributed by atoms with E-state index in [-0.39, 0.29) is 20.1 Å². The first-order valence-electron chi connectivity index (χ1n) is 17.8. The summed E-state index contributed by atoms with van der Waals surface area (Å²) in [6.07, 6.45) is 2.00. The van der Waals surface area contributed by atoms with Crippen molar-refractivity contribution < 1.29 is 28.9 Å². The predicted octanol–water partition coefficient (Wildman–Crippen LogP) is 11.4. The monoisotopic (exact) mass is 897 g/mol. The summed E-state index contributed by atoms with van der Waals surface area (Å²) >= 11 is 0. The zero-order valence-electron chi connectivity index (χ0n) is 30.6. The van der Waals surface area contributed by atoms with Crippen LogP contribution in [0.2, 0.25) is 19.6 Å². The van der Waals surface area contributed by atoms with Crippen LogP contribution in [0.25, 0.3) is 83.4 Å². The van der Waals surface area contributed by atoms with Crippen molar-refractivity contribution in [3.05, 3.63) is 151 Å². The van der Waals surface area contributed by atoms with Crippen molar-refractivity contribution in [1.82, 2.24) is 19.5 Å². The van der Waals surface area contributed by atoms with Crippen molar-refractivity contribution in [2.75, 3.05) is 0 Å². The number of fused-ring (bicyclic) bond motifs is 7. The molecule has 0 fully saturated rings. The van der Waals surface area contributed by atoms with Crippen LogP contribution in [0.5, 0.6) is 0 Å². The van der Waals surface area contributed by atoms with E-state index in [9.17, 15) is 0 Å². The van der Waals surface area contributed by atoms with Gasteiger partial charge < -0.3 is 18.4 Å². The Morgan fingerprint density at radius 2 is 1.44 bits per heavy atom. The SMILES string of the molecule is Cc1ccc2c(c1)oc1cc(-n3c(-c4[c-]cccc4)nc4ccccc43)ccc12.Cc1ccc2c(n1)oc1c(-c3ccc([Si](C)(C)C)cn3)[c-]ccc12.[Ir]. The molecule has 6 nitrogen and oxygen atoms in total. The second kappa shape index (κ2) is 14.0. The summed E-state index contributed by atoms with van der Waals surface area (Å²) in [7, 11) is -1.35. The Balaban J connectivity index is 0.000000153. The number of benzene rings is 5. The number of imidazole rings is 1. The first-order chi connectivity index (χ1) is 25.7. The van der Waals surface area contributed by atoms with Crippen LogP contribution >= 0.6 is 0 Å². The van der Waals surface area contributed by atoms with E-state index in [0.717, 1.165) is 83.4 Å². The molecule has 5 aromatic carbocycles. The molecule has 0 bridgehead atoms. The fourth-order valence-corrected chi connectivity index (χ4v) is 7.94. The molecule has 0 aliphatic heterocycles. The van der Waals surface area contributed by atoms with Crippen molar-refractivity contribution in [1.29, 1.82) is 0 Å². The fraction of sp³-hybridized carbons (Fsp3) is 0.109. The molecule has 0 aliphatic rings. The van der Waals surface area contributed by atoms with Crippen LogP contribution in [0.4, 0.5) is 0 Å². The molecule has 0 atom stereocenters. The van der Waals surface area contributed by atoms with Gasteiger partial charge in [0.05, 0.1) is 30.5 Å². The smallest absolute Gasteiger partial charge is 0.216 e. The Kier molecular flexibility index (Phi) is 9.14. The fourth-order valence-electron chi connectivity index (χ4n) is 6.90. The Labute approximate surface area is 327 Å². The van der Waals surface area contributed by atoms with E-state index in [2.05, 4.69) is 114 Å². The van der Waals surface area contributed by atoms with Gasteiger partial charge in [0.2, 0.25) is 5.71 Å². The first kappa shape index (κ1) is 35.4. The van der Waals surface area contributed by atoms with Gasteiger partial charge >= 0.3 is 0 Å². The zero-order chi connectivity index (χ0) is 36.3. The van der Waals surface area contributed by atoms with Crippen LogP contribution in [0.1, 0.15) is 11.3 Å². The molecule has 267 valence electrons. The standard InChI is InChI=1S/C26H17N2O.C20H19N2OSi.Ir/c1-17-11-13-20-21-14-12-19(16-25(21)29-24(20)15-17)28-23-10-6-5-9-22(23)27-26(28)18-7-3-2-4-8-18;1-13-8-10-16-15-6-5-7-17(19(15)23-20(16)22-13)18-11-9-14(12-21-18)24(2,3)4;/h2-7,9-16H,1H3;5-6,8-12H,1-4H3;/q2*-1;.